The minimum atomic E-state index is 0.0214. The van der Waals surface area contributed by atoms with Gasteiger partial charge in [0.25, 0.3) is 0 Å². The summed E-state index contributed by atoms with van der Waals surface area (Å²) in [5.41, 5.74) is 5.69. The highest BCUT2D eigenvalue weighted by Gasteiger charge is 2.32. The maximum atomic E-state index is 9.51. The fraction of sp³-hybridized carbons (Fsp3) is 0.667. The first-order valence-corrected chi connectivity index (χ1v) is 6.09. The number of hydrogen-bond acceptors (Lipinski definition) is 5. The van der Waals surface area contributed by atoms with E-state index in [1.165, 1.54) is 12.8 Å². The van der Waals surface area contributed by atoms with Gasteiger partial charge in [0.05, 0.1) is 6.61 Å². The number of aryl methyl sites for hydroxylation is 1. The van der Waals surface area contributed by atoms with Gasteiger partial charge in [-0.3, -0.25) is 0 Å². The third-order valence-corrected chi connectivity index (χ3v) is 3.50. The van der Waals surface area contributed by atoms with Crippen LogP contribution in [0.25, 0.3) is 0 Å². The summed E-state index contributed by atoms with van der Waals surface area (Å²) < 4.78 is 0. The lowest BCUT2D eigenvalue weighted by Gasteiger charge is -2.26. The van der Waals surface area contributed by atoms with Crippen molar-refractivity contribution in [2.45, 2.75) is 32.6 Å². The van der Waals surface area contributed by atoms with E-state index in [1.807, 2.05) is 6.92 Å². The minimum Gasteiger partial charge on any atom is -0.396 e. The van der Waals surface area contributed by atoms with Crippen LogP contribution in [0.2, 0.25) is 0 Å². The van der Waals surface area contributed by atoms with Gasteiger partial charge in [0.2, 0.25) is 0 Å². The summed E-state index contributed by atoms with van der Waals surface area (Å²) in [6, 6.07) is 1.73. The number of nitrogens with one attached hydrogen (secondary N) is 1. The molecule has 4 N–H and O–H groups in total. The Balaban J connectivity index is 2.01. The summed E-state index contributed by atoms with van der Waals surface area (Å²) in [6.45, 7) is 2.80. The van der Waals surface area contributed by atoms with E-state index in [-0.39, 0.29) is 12.0 Å². The fourth-order valence-electron chi connectivity index (χ4n) is 2.48. The van der Waals surface area contributed by atoms with Crippen LogP contribution in [0.15, 0.2) is 6.07 Å². The summed E-state index contributed by atoms with van der Waals surface area (Å²) in [6.07, 6.45) is 4.56. The Hall–Kier alpha value is -1.36. The lowest BCUT2D eigenvalue weighted by molar-refractivity contribution is 0.142. The van der Waals surface area contributed by atoms with Gasteiger partial charge in [-0.2, -0.15) is 0 Å². The Morgan fingerprint density at radius 2 is 2.12 bits per heavy atom. The van der Waals surface area contributed by atoms with Crippen molar-refractivity contribution in [1.29, 1.82) is 0 Å². The second-order valence-electron chi connectivity index (χ2n) is 4.94. The zero-order valence-corrected chi connectivity index (χ0v) is 10.2. The van der Waals surface area contributed by atoms with Crippen molar-refractivity contribution in [1.82, 2.24) is 9.97 Å². The highest BCUT2D eigenvalue weighted by atomic mass is 16.3. The van der Waals surface area contributed by atoms with Gasteiger partial charge in [-0.05, 0) is 19.8 Å². The average Bonchev–Trinajstić information content (AvgIpc) is 2.74. The van der Waals surface area contributed by atoms with E-state index in [4.69, 9.17) is 5.73 Å². The summed E-state index contributed by atoms with van der Waals surface area (Å²) >= 11 is 0. The predicted molar refractivity (Wildman–Crippen MR) is 67.7 cm³/mol. The van der Waals surface area contributed by atoms with Crippen molar-refractivity contribution in [2.24, 2.45) is 5.41 Å². The van der Waals surface area contributed by atoms with Crippen LogP contribution in [0.3, 0.4) is 0 Å². The normalized spacial score (nSPS) is 18.2. The van der Waals surface area contributed by atoms with Crippen molar-refractivity contribution in [2.75, 3.05) is 24.2 Å². The molecular weight excluding hydrogens is 216 g/mol. The van der Waals surface area contributed by atoms with Crippen molar-refractivity contribution in [3.63, 3.8) is 0 Å². The lowest BCUT2D eigenvalue weighted by Crippen LogP contribution is -2.30. The van der Waals surface area contributed by atoms with Gasteiger partial charge in [0.15, 0.2) is 0 Å². The van der Waals surface area contributed by atoms with E-state index in [0.717, 1.165) is 25.2 Å². The lowest BCUT2D eigenvalue weighted by atomic mass is 9.87. The molecule has 17 heavy (non-hydrogen) atoms. The second kappa shape index (κ2) is 4.87. The number of hydrogen-bond donors (Lipinski definition) is 3. The third kappa shape index (κ3) is 2.85. The summed E-state index contributed by atoms with van der Waals surface area (Å²) in [5.74, 6) is 1.89. The molecule has 1 aromatic rings. The molecular formula is C12H20N4O. The molecule has 1 fully saturated rings. The first-order chi connectivity index (χ1) is 8.13. The number of nitrogen functional groups attached to an aromatic ring is 1. The van der Waals surface area contributed by atoms with Crippen LogP contribution in [0.4, 0.5) is 11.6 Å². The maximum Gasteiger partial charge on any atom is 0.131 e. The number of nitrogens with two attached hydrogens (primary N) is 1. The first-order valence-electron chi connectivity index (χ1n) is 6.09. The van der Waals surface area contributed by atoms with Gasteiger partial charge >= 0.3 is 0 Å². The predicted octanol–water partition coefficient (Wildman–Crippen LogP) is 1.33. The number of nitrogens with zero attached hydrogens (tertiary/aromatic N) is 2. The van der Waals surface area contributed by atoms with E-state index in [2.05, 4.69) is 15.3 Å². The van der Waals surface area contributed by atoms with Gasteiger partial charge in [0.1, 0.15) is 17.5 Å². The molecule has 0 aromatic carbocycles. The van der Waals surface area contributed by atoms with Crippen molar-refractivity contribution < 1.29 is 5.11 Å². The molecule has 0 aliphatic heterocycles. The van der Waals surface area contributed by atoms with Crippen LogP contribution in [-0.4, -0.2) is 28.2 Å². The third-order valence-electron chi connectivity index (χ3n) is 3.50. The monoisotopic (exact) mass is 236 g/mol. The highest BCUT2D eigenvalue weighted by Crippen LogP contribution is 2.37. The topological polar surface area (TPSA) is 84.1 Å². The molecule has 94 valence electrons. The van der Waals surface area contributed by atoms with Crippen LogP contribution >= 0.6 is 0 Å². The molecule has 0 atom stereocenters. The molecule has 1 aliphatic rings. The van der Waals surface area contributed by atoms with Crippen LogP contribution in [0.1, 0.15) is 31.5 Å². The molecule has 0 bridgehead atoms. The largest absolute Gasteiger partial charge is 0.396 e. The fourth-order valence-corrected chi connectivity index (χ4v) is 2.48. The Bertz CT molecular complexity index is 368. The Kier molecular flexibility index (Phi) is 3.47. The molecule has 1 heterocycles. The van der Waals surface area contributed by atoms with Crippen molar-refractivity contribution >= 4 is 11.6 Å². The van der Waals surface area contributed by atoms with E-state index in [9.17, 15) is 5.11 Å². The van der Waals surface area contributed by atoms with Gasteiger partial charge in [-0.25, -0.2) is 9.97 Å². The first kappa shape index (κ1) is 12.1. The smallest absolute Gasteiger partial charge is 0.131 e. The summed E-state index contributed by atoms with van der Waals surface area (Å²) in [7, 11) is 0. The number of aliphatic hydroxyl groups excluding tert-OH is 1. The van der Waals surface area contributed by atoms with Crippen LogP contribution in [-0.2, 0) is 0 Å². The van der Waals surface area contributed by atoms with E-state index in [0.29, 0.717) is 11.6 Å². The van der Waals surface area contributed by atoms with Crippen molar-refractivity contribution in [3.8, 4) is 0 Å². The maximum absolute atomic E-state index is 9.51. The minimum absolute atomic E-state index is 0.0214. The molecule has 0 spiro atoms. The van der Waals surface area contributed by atoms with Gasteiger partial charge < -0.3 is 16.2 Å². The molecule has 0 radical (unpaired) electrons. The molecule has 1 aromatic heterocycles. The number of rotatable bonds is 4. The summed E-state index contributed by atoms with van der Waals surface area (Å²) in [4.78, 5) is 8.31. The molecule has 2 rings (SSSR count). The quantitative estimate of drug-likeness (QED) is 0.734. The van der Waals surface area contributed by atoms with Crippen molar-refractivity contribution in [3.05, 3.63) is 11.9 Å². The standard InChI is InChI=1S/C12H20N4O/c1-9-15-10(13)6-11(16-9)14-7-12(8-17)4-2-3-5-12/h6,17H,2-5,7-8H2,1H3,(H3,13,14,15,16). The Morgan fingerprint density at radius 1 is 1.41 bits per heavy atom. The van der Waals surface area contributed by atoms with Gasteiger partial charge in [-0.15, -0.1) is 0 Å². The van der Waals surface area contributed by atoms with Crippen LogP contribution in [0.5, 0.6) is 0 Å². The molecule has 5 nitrogen and oxygen atoms in total. The molecule has 0 saturated heterocycles. The zero-order valence-electron chi connectivity index (χ0n) is 10.2. The number of aliphatic hydroxyl groups is 1. The van der Waals surface area contributed by atoms with Gasteiger partial charge in [0, 0.05) is 18.0 Å². The summed E-state index contributed by atoms with van der Waals surface area (Å²) in [5, 5.41) is 12.8. The molecule has 1 saturated carbocycles. The average molecular weight is 236 g/mol. The Labute approximate surface area is 101 Å². The second-order valence-corrected chi connectivity index (χ2v) is 4.94. The van der Waals surface area contributed by atoms with Gasteiger partial charge in [-0.1, -0.05) is 12.8 Å². The highest BCUT2D eigenvalue weighted by molar-refractivity contribution is 5.44. The van der Waals surface area contributed by atoms with Crippen LogP contribution < -0.4 is 11.1 Å². The zero-order chi connectivity index (χ0) is 12.3. The Morgan fingerprint density at radius 3 is 2.71 bits per heavy atom. The SMILES string of the molecule is Cc1nc(N)cc(NCC2(CO)CCCC2)n1. The van der Waals surface area contributed by atoms with E-state index in [1.54, 1.807) is 6.07 Å². The molecule has 0 amide bonds. The molecule has 1 aliphatic carbocycles. The molecule has 5 heteroatoms. The van der Waals surface area contributed by atoms with Crippen LogP contribution in [0, 0.1) is 12.3 Å². The number of anilines is 2. The molecule has 0 unspecified atom stereocenters. The van der Waals surface area contributed by atoms with E-state index < -0.39 is 0 Å². The van der Waals surface area contributed by atoms with E-state index >= 15 is 0 Å². The number of aromatic nitrogens is 2.